The second-order valence-electron chi connectivity index (χ2n) is 8.29. The van der Waals surface area contributed by atoms with Crippen molar-refractivity contribution in [2.24, 2.45) is 0 Å². The number of aromatic nitrogens is 2. The predicted octanol–water partition coefficient (Wildman–Crippen LogP) is 4.32. The summed E-state index contributed by atoms with van der Waals surface area (Å²) in [6, 6.07) is 10.1. The monoisotopic (exact) mass is 544 g/mol. The summed E-state index contributed by atoms with van der Waals surface area (Å²) < 4.78 is 29.6. The number of anilines is 2. The number of aliphatic hydroxyl groups excluding tert-OH is 1. The van der Waals surface area contributed by atoms with E-state index in [4.69, 9.17) is 23.2 Å². The van der Waals surface area contributed by atoms with E-state index in [1.54, 1.807) is 6.07 Å². The van der Waals surface area contributed by atoms with Crippen LogP contribution < -0.4 is 15.6 Å². The molecule has 2 aromatic carbocycles. The highest BCUT2D eigenvalue weighted by Gasteiger charge is 2.30. The smallest absolute Gasteiger partial charge is 0.261 e. The summed E-state index contributed by atoms with van der Waals surface area (Å²) in [6.45, 7) is -0.00837. The summed E-state index contributed by atoms with van der Waals surface area (Å²) in [5, 5.41) is 12.5. The van der Waals surface area contributed by atoms with E-state index in [0.717, 1.165) is 22.9 Å². The Hall–Kier alpha value is -3.86. The molecule has 8 nitrogen and oxygen atoms in total. The lowest BCUT2D eigenvalue weighted by atomic mass is 10.1. The number of amides is 2. The first-order valence-corrected chi connectivity index (χ1v) is 11.6. The first kappa shape index (κ1) is 24.8. The number of rotatable bonds is 4. The van der Waals surface area contributed by atoms with Gasteiger partial charge in [-0.1, -0.05) is 29.3 Å². The third-order valence-electron chi connectivity index (χ3n) is 5.83. The Balaban J connectivity index is 1.71. The summed E-state index contributed by atoms with van der Waals surface area (Å²) >= 11 is 12.3. The average Bonchev–Trinajstić information content (AvgIpc) is 3.19. The molecule has 3 heterocycles. The molecule has 0 saturated carbocycles. The standard InChI is InChI=1S/C25H16Cl2F2N4O4/c26-16-2-1-3-17(27)22(16)31-25(37)15-11-32(19-6-4-12(28)8-18(19)29)24-14(23(15)36)5-7-20(30-24)33-10-13(34)9-21(33)35/h1-8,11,13,34H,9-10H2,(H,31,37)/t13-/m0/s1. The van der Waals surface area contributed by atoms with Gasteiger partial charge in [0.25, 0.3) is 5.91 Å². The first-order valence-electron chi connectivity index (χ1n) is 10.9. The number of fused-ring (bicyclic) bond motifs is 1. The Labute approximate surface area is 217 Å². The van der Waals surface area contributed by atoms with Gasteiger partial charge in [-0.2, -0.15) is 0 Å². The second-order valence-corrected chi connectivity index (χ2v) is 9.11. The number of carbonyl (C=O) groups is 2. The van der Waals surface area contributed by atoms with Crippen LogP contribution in [-0.4, -0.2) is 39.1 Å². The molecule has 1 fully saturated rings. The van der Waals surface area contributed by atoms with E-state index in [0.29, 0.717) is 6.07 Å². The van der Waals surface area contributed by atoms with Crippen LogP contribution in [0.5, 0.6) is 0 Å². The van der Waals surface area contributed by atoms with Crippen molar-refractivity contribution in [3.8, 4) is 5.69 Å². The van der Waals surface area contributed by atoms with Crippen molar-refractivity contribution >= 4 is 57.6 Å². The predicted molar refractivity (Wildman–Crippen MR) is 135 cm³/mol. The number of β-amino-alcohol motifs (C(OH)–C–C–N with tert-alkyl or cyclic N) is 1. The SMILES string of the molecule is O=C(Nc1c(Cl)cccc1Cl)c1cn(-c2ccc(F)cc2F)c2nc(N3C[C@@H](O)CC3=O)ccc2c1=O. The van der Waals surface area contributed by atoms with E-state index < -0.39 is 34.6 Å². The number of para-hydroxylation sites is 1. The second kappa shape index (κ2) is 9.55. The summed E-state index contributed by atoms with van der Waals surface area (Å²) in [5.74, 6) is -2.95. The first-order chi connectivity index (χ1) is 17.6. The molecule has 0 spiro atoms. The van der Waals surface area contributed by atoms with Crippen LogP contribution in [0, 0.1) is 11.6 Å². The lowest BCUT2D eigenvalue weighted by Gasteiger charge is -2.18. The molecule has 1 aliphatic rings. The van der Waals surface area contributed by atoms with Crippen LogP contribution in [0.3, 0.4) is 0 Å². The molecule has 2 N–H and O–H groups in total. The van der Waals surface area contributed by atoms with Crippen molar-refractivity contribution < 1.29 is 23.5 Å². The maximum atomic E-state index is 14.9. The Morgan fingerprint density at radius 3 is 2.46 bits per heavy atom. The lowest BCUT2D eigenvalue weighted by Crippen LogP contribution is -2.28. The molecule has 0 unspecified atom stereocenters. The van der Waals surface area contributed by atoms with Crippen molar-refractivity contribution in [1.82, 2.24) is 9.55 Å². The van der Waals surface area contributed by atoms with Gasteiger partial charge < -0.3 is 10.4 Å². The number of carbonyl (C=O) groups excluding carboxylic acids is 2. The molecule has 37 heavy (non-hydrogen) atoms. The Morgan fingerprint density at radius 2 is 1.81 bits per heavy atom. The largest absolute Gasteiger partial charge is 0.391 e. The number of pyridine rings is 2. The fraction of sp³-hybridized carbons (Fsp3) is 0.120. The van der Waals surface area contributed by atoms with Crippen molar-refractivity contribution in [1.29, 1.82) is 0 Å². The van der Waals surface area contributed by atoms with Gasteiger partial charge in [0.1, 0.15) is 23.0 Å². The summed E-state index contributed by atoms with van der Waals surface area (Å²) in [4.78, 5) is 44.4. The molecule has 1 atom stereocenters. The molecule has 5 rings (SSSR count). The highest BCUT2D eigenvalue weighted by atomic mass is 35.5. The molecule has 4 aromatic rings. The summed E-state index contributed by atoms with van der Waals surface area (Å²) in [7, 11) is 0. The number of hydrogen-bond donors (Lipinski definition) is 2. The van der Waals surface area contributed by atoms with Gasteiger partial charge in [0.05, 0.1) is 45.9 Å². The van der Waals surface area contributed by atoms with Gasteiger partial charge in [0, 0.05) is 12.3 Å². The van der Waals surface area contributed by atoms with Gasteiger partial charge in [0.15, 0.2) is 5.65 Å². The molecule has 1 aliphatic heterocycles. The van der Waals surface area contributed by atoms with Gasteiger partial charge >= 0.3 is 0 Å². The third-order valence-corrected chi connectivity index (χ3v) is 6.46. The van der Waals surface area contributed by atoms with Crippen molar-refractivity contribution in [3.63, 3.8) is 0 Å². The zero-order valence-corrected chi connectivity index (χ0v) is 20.2. The number of aliphatic hydroxyl groups is 1. The van der Waals surface area contributed by atoms with Crippen LogP contribution in [0.4, 0.5) is 20.3 Å². The van der Waals surface area contributed by atoms with Crippen LogP contribution in [0.1, 0.15) is 16.8 Å². The van der Waals surface area contributed by atoms with Crippen LogP contribution in [0.2, 0.25) is 10.0 Å². The summed E-state index contributed by atoms with van der Waals surface area (Å²) in [6.07, 6.45) is 0.0888. The highest BCUT2D eigenvalue weighted by molar-refractivity contribution is 6.40. The Morgan fingerprint density at radius 1 is 1.08 bits per heavy atom. The van der Waals surface area contributed by atoms with Gasteiger partial charge in [-0.25, -0.2) is 13.8 Å². The normalized spacial score (nSPS) is 15.4. The van der Waals surface area contributed by atoms with E-state index in [2.05, 4.69) is 10.3 Å². The van der Waals surface area contributed by atoms with Gasteiger partial charge in [-0.05, 0) is 36.4 Å². The van der Waals surface area contributed by atoms with E-state index >= 15 is 0 Å². The number of hydrogen-bond acceptors (Lipinski definition) is 5. The van der Waals surface area contributed by atoms with Crippen molar-refractivity contribution in [2.75, 3.05) is 16.8 Å². The van der Waals surface area contributed by atoms with E-state index in [-0.39, 0.29) is 57.1 Å². The minimum atomic E-state index is -0.981. The number of nitrogens with one attached hydrogen (secondary N) is 1. The Kier molecular flexibility index (Phi) is 6.40. The zero-order chi connectivity index (χ0) is 26.4. The van der Waals surface area contributed by atoms with Crippen LogP contribution in [-0.2, 0) is 4.79 Å². The quantitative estimate of drug-likeness (QED) is 0.398. The molecular formula is C25H16Cl2F2N4O4. The van der Waals surface area contributed by atoms with E-state index in [1.165, 1.54) is 29.2 Å². The van der Waals surface area contributed by atoms with Crippen molar-refractivity contribution in [2.45, 2.75) is 12.5 Å². The van der Waals surface area contributed by atoms with E-state index in [1.807, 2.05) is 0 Å². The third kappa shape index (κ3) is 4.55. The Bertz CT molecular complexity index is 1640. The topological polar surface area (TPSA) is 105 Å². The fourth-order valence-corrected chi connectivity index (χ4v) is 4.57. The zero-order valence-electron chi connectivity index (χ0n) is 18.7. The van der Waals surface area contributed by atoms with Crippen LogP contribution in [0.25, 0.3) is 16.7 Å². The van der Waals surface area contributed by atoms with Gasteiger partial charge in [0.2, 0.25) is 11.3 Å². The summed E-state index contributed by atoms with van der Waals surface area (Å²) in [5.41, 5.74) is -1.34. The van der Waals surface area contributed by atoms with Gasteiger partial charge in [-0.3, -0.25) is 23.9 Å². The molecule has 0 aliphatic carbocycles. The van der Waals surface area contributed by atoms with E-state index in [9.17, 15) is 28.3 Å². The number of halogens is 4. The molecule has 2 aromatic heterocycles. The molecule has 0 radical (unpaired) electrons. The molecule has 188 valence electrons. The maximum absolute atomic E-state index is 14.9. The molecular weight excluding hydrogens is 529 g/mol. The molecule has 2 amide bonds. The van der Waals surface area contributed by atoms with Crippen LogP contribution in [0.15, 0.2) is 59.5 Å². The van der Waals surface area contributed by atoms with Crippen LogP contribution >= 0.6 is 23.2 Å². The fourth-order valence-electron chi connectivity index (χ4n) is 4.07. The maximum Gasteiger partial charge on any atom is 0.261 e. The number of benzene rings is 2. The minimum absolute atomic E-state index is 0.00837. The average molecular weight is 545 g/mol. The minimum Gasteiger partial charge on any atom is -0.391 e. The lowest BCUT2D eigenvalue weighted by molar-refractivity contribution is -0.117. The molecule has 1 saturated heterocycles. The molecule has 0 bridgehead atoms. The molecule has 12 heteroatoms. The highest BCUT2D eigenvalue weighted by Crippen LogP contribution is 2.30. The van der Waals surface area contributed by atoms with Gasteiger partial charge in [-0.15, -0.1) is 0 Å². The van der Waals surface area contributed by atoms with Crippen molar-refractivity contribution in [3.05, 3.63) is 92.2 Å². The number of nitrogens with zero attached hydrogens (tertiary/aromatic N) is 3.